The van der Waals surface area contributed by atoms with E-state index in [-0.39, 0.29) is 24.0 Å². The number of benzene rings is 2. The van der Waals surface area contributed by atoms with Crippen LogP contribution >= 0.6 is 0 Å². The highest BCUT2D eigenvalue weighted by Gasteiger charge is 2.44. The molecule has 236 valence electrons. The van der Waals surface area contributed by atoms with E-state index in [1.54, 1.807) is 19.9 Å². The zero-order chi connectivity index (χ0) is 32.9. The second-order valence-corrected chi connectivity index (χ2v) is 9.79. The molecule has 0 radical (unpaired) electrons. The van der Waals surface area contributed by atoms with Crippen LogP contribution in [0.5, 0.6) is 11.5 Å². The summed E-state index contributed by atoms with van der Waals surface area (Å²) < 4.78 is 111. The maximum absolute atomic E-state index is 13.7. The molecule has 44 heavy (non-hydrogen) atoms. The number of alkyl halides is 8. The van der Waals surface area contributed by atoms with Crippen molar-refractivity contribution in [2.75, 3.05) is 4.90 Å². The highest BCUT2D eigenvalue weighted by molar-refractivity contribution is 6.00. The van der Waals surface area contributed by atoms with Crippen LogP contribution in [0.1, 0.15) is 43.1 Å². The van der Waals surface area contributed by atoms with Crippen LogP contribution in [0.3, 0.4) is 0 Å². The third-order valence-electron chi connectivity index (χ3n) is 6.43. The summed E-state index contributed by atoms with van der Waals surface area (Å²) >= 11 is 0. The van der Waals surface area contributed by atoms with E-state index in [0.717, 1.165) is 24.4 Å². The number of halogens is 8. The van der Waals surface area contributed by atoms with Gasteiger partial charge in [-0.1, -0.05) is 18.2 Å². The van der Waals surface area contributed by atoms with Crippen LogP contribution < -0.4 is 19.7 Å². The first-order valence-electron chi connectivity index (χ1n) is 12.5. The summed E-state index contributed by atoms with van der Waals surface area (Å²) in [6.45, 7) is 0.186. The van der Waals surface area contributed by atoms with Crippen LogP contribution in [0.2, 0.25) is 0 Å². The number of hydrogen-bond acceptors (Lipinski definition) is 7. The number of rotatable bonds is 8. The number of carbonyl (C=O) groups excluding carboxylic acids is 3. The molecular formula is C28H23F8N3O5. The molecule has 3 aromatic rings. The Kier molecular flexibility index (Phi) is 10.3. The molecule has 16 heteroatoms. The minimum absolute atomic E-state index is 0.0786. The summed E-state index contributed by atoms with van der Waals surface area (Å²) in [5.41, 5.74) is -1.17. The fourth-order valence-electron chi connectivity index (χ4n) is 4.62. The molecule has 1 amide bonds. The molecule has 1 fully saturated rings. The molecule has 0 unspecified atom stereocenters. The quantitative estimate of drug-likeness (QED) is 0.287. The third kappa shape index (κ3) is 8.74. The molecule has 1 aliphatic rings. The molecule has 1 aromatic heterocycles. The van der Waals surface area contributed by atoms with Gasteiger partial charge in [0.05, 0.1) is 12.1 Å². The van der Waals surface area contributed by atoms with Gasteiger partial charge < -0.3 is 14.4 Å². The minimum Gasteiger partial charge on any atom is -0.435 e. The van der Waals surface area contributed by atoms with Gasteiger partial charge in [-0.3, -0.25) is 15.1 Å². The number of amides is 1. The number of nitrogens with zero attached hydrogens (tertiary/aromatic N) is 2. The van der Waals surface area contributed by atoms with Gasteiger partial charge in [0.25, 0.3) is 0 Å². The van der Waals surface area contributed by atoms with Crippen molar-refractivity contribution in [3.8, 4) is 11.5 Å². The molecule has 0 spiro atoms. The van der Waals surface area contributed by atoms with Crippen molar-refractivity contribution in [1.29, 1.82) is 0 Å². The maximum Gasteiger partial charge on any atom is 0.573 e. The van der Waals surface area contributed by atoms with E-state index in [1.165, 1.54) is 41.3 Å². The summed E-state index contributed by atoms with van der Waals surface area (Å²) in [7, 11) is 0. The van der Waals surface area contributed by atoms with E-state index in [0.29, 0.717) is 11.1 Å². The van der Waals surface area contributed by atoms with Crippen LogP contribution in [0.25, 0.3) is 0 Å². The summed E-state index contributed by atoms with van der Waals surface area (Å²) in [4.78, 5) is 34.7. The molecule has 2 heterocycles. The first kappa shape index (κ1) is 33.9. The average molecular weight is 633 g/mol. The lowest BCUT2D eigenvalue weighted by molar-refractivity contribution is -0.274. The van der Waals surface area contributed by atoms with Crippen molar-refractivity contribution in [1.82, 2.24) is 10.3 Å². The predicted octanol–water partition coefficient (Wildman–Crippen LogP) is 6.39. The first-order chi connectivity index (χ1) is 20.4. The smallest absolute Gasteiger partial charge is 0.435 e. The minimum atomic E-state index is -4.92. The van der Waals surface area contributed by atoms with Crippen LogP contribution in [-0.4, -0.2) is 36.1 Å². The Morgan fingerprint density at radius 3 is 2.11 bits per heavy atom. The maximum atomic E-state index is 13.7. The molecule has 1 saturated heterocycles. The number of aromatic nitrogens is 1. The zero-order valence-corrected chi connectivity index (χ0v) is 22.7. The lowest BCUT2D eigenvalue weighted by atomic mass is 9.93. The normalized spacial score (nSPS) is 17.2. The van der Waals surface area contributed by atoms with Gasteiger partial charge in [0.1, 0.15) is 17.2 Å². The van der Waals surface area contributed by atoms with Crippen LogP contribution in [0.4, 0.5) is 40.8 Å². The molecule has 4 rings (SSSR count). The summed E-state index contributed by atoms with van der Waals surface area (Å²) in [6.07, 6.45) is -8.18. The van der Waals surface area contributed by atoms with Crippen molar-refractivity contribution < 1.29 is 59.0 Å². The Balaban J connectivity index is 0.00000169. The Labute approximate surface area is 244 Å². The molecule has 0 aliphatic carbocycles. The van der Waals surface area contributed by atoms with Gasteiger partial charge in [0.15, 0.2) is 0 Å². The molecule has 2 aromatic carbocycles. The fourth-order valence-corrected chi connectivity index (χ4v) is 4.62. The first-order valence-corrected chi connectivity index (χ1v) is 12.5. The highest BCUT2D eigenvalue weighted by Crippen LogP contribution is 2.40. The van der Waals surface area contributed by atoms with Crippen molar-refractivity contribution >= 4 is 17.7 Å². The fraction of sp³-hybridized carbons (Fsp3) is 0.321. The second kappa shape index (κ2) is 13.4. The van der Waals surface area contributed by atoms with Crippen LogP contribution in [-0.2, 0) is 26.1 Å². The molecule has 0 bridgehead atoms. The van der Waals surface area contributed by atoms with Gasteiger partial charge >= 0.3 is 25.3 Å². The van der Waals surface area contributed by atoms with Gasteiger partial charge in [-0.2, -0.15) is 31.5 Å². The SMILES string of the molecule is CC(C)(N[C@H]1C[C@@H](c2cccc(OC(F)F)c2)N(c2ccc(OC(F)(F)F)cc2)C1=O)c1ccc(C(F)(F)F)nc1.O=C=O. The Morgan fingerprint density at radius 2 is 1.59 bits per heavy atom. The van der Waals surface area contributed by atoms with Gasteiger partial charge in [0.2, 0.25) is 5.91 Å². The van der Waals surface area contributed by atoms with Crippen LogP contribution in [0.15, 0.2) is 66.9 Å². The monoisotopic (exact) mass is 633 g/mol. The van der Waals surface area contributed by atoms with E-state index >= 15 is 0 Å². The molecular weight excluding hydrogens is 610 g/mol. The van der Waals surface area contributed by atoms with Gasteiger partial charge in [-0.15, -0.1) is 13.2 Å². The number of carbonyl (C=O) groups is 1. The van der Waals surface area contributed by atoms with Crippen LogP contribution in [0, 0.1) is 0 Å². The van der Waals surface area contributed by atoms with Gasteiger partial charge in [-0.25, -0.2) is 0 Å². The summed E-state index contributed by atoms with van der Waals surface area (Å²) in [5, 5.41) is 3.13. The van der Waals surface area contributed by atoms with E-state index < -0.39 is 54.1 Å². The van der Waals surface area contributed by atoms with E-state index in [2.05, 4.69) is 19.8 Å². The lowest BCUT2D eigenvalue weighted by Gasteiger charge is -2.30. The average Bonchev–Trinajstić information content (AvgIpc) is 3.23. The summed E-state index contributed by atoms with van der Waals surface area (Å²) in [5.74, 6) is -1.18. The van der Waals surface area contributed by atoms with Crippen molar-refractivity contribution in [3.05, 3.63) is 83.7 Å². The third-order valence-corrected chi connectivity index (χ3v) is 6.43. The van der Waals surface area contributed by atoms with Crippen molar-refractivity contribution in [3.63, 3.8) is 0 Å². The molecule has 1 N–H and O–H groups in total. The van der Waals surface area contributed by atoms with Crippen molar-refractivity contribution in [2.45, 2.75) is 57.0 Å². The topological polar surface area (TPSA) is 97.8 Å². The second-order valence-electron chi connectivity index (χ2n) is 9.79. The number of hydrogen-bond donors (Lipinski definition) is 1. The lowest BCUT2D eigenvalue weighted by Crippen LogP contribution is -2.47. The summed E-state index contributed by atoms with van der Waals surface area (Å²) in [6, 6.07) is 10.6. The molecule has 1 aliphatic heterocycles. The molecule has 0 saturated carbocycles. The van der Waals surface area contributed by atoms with Crippen molar-refractivity contribution in [2.24, 2.45) is 0 Å². The number of ether oxygens (including phenoxy) is 2. The number of nitrogens with one attached hydrogen (secondary N) is 1. The Morgan fingerprint density at radius 1 is 0.955 bits per heavy atom. The van der Waals surface area contributed by atoms with E-state index in [9.17, 15) is 39.9 Å². The van der Waals surface area contributed by atoms with E-state index in [4.69, 9.17) is 9.59 Å². The highest BCUT2D eigenvalue weighted by atomic mass is 19.4. The predicted molar refractivity (Wildman–Crippen MR) is 135 cm³/mol. The van der Waals surface area contributed by atoms with Gasteiger partial charge in [-0.05, 0) is 73.9 Å². The molecule has 8 nitrogen and oxygen atoms in total. The van der Waals surface area contributed by atoms with E-state index in [1.807, 2.05) is 0 Å². The zero-order valence-electron chi connectivity index (χ0n) is 22.7. The standard InChI is InChI=1S/C27H23F8N3O3.CO2/c1-25(2,16-6-11-22(36-14-16)26(30,31)32)37-20-13-21(15-4-3-5-19(12-15)40-24(28)29)38(23(20)39)17-7-9-18(10-8-17)41-27(33,34)35;2-1-3/h3-12,14,20-21,24,37H,13H2,1-2H3;/t20-,21-;/m0./s1. The molecule has 2 atom stereocenters. The largest absolute Gasteiger partial charge is 0.573 e. The number of anilines is 1. The Bertz CT molecular complexity index is 1460. The Hall–Kier alpha value is -4.56. The van der Waals surface area contributed by atoms with Gasteiger partial charge in [0, 0.05) is 17.4 Å². The number of pyridine rings is 1.